The molecular weight excluding hydrogens is 176 g/mol. The van der Waals surface area contributed by atoms with Gasteiger partial charge in [-0.05, 0) is 31.6 Å². The topological polar surface area (TPSA) is 61.3 Å². The molecule has 1 aliphatic heterocycles. The minimum atomic E-state index is -0.128. The highest BCUT2D eigenvalue weighted by Gasteiger charge is 2.13. The number of rotatable bonds is 1. The summed E-state index contributed by atoms with van der Waals surface area (Å²) in [6.45, 7) is 1.84. The molecule has 1 fully saturated rings. The Balaban J connectivity index is 2.27. The van der Waals surface area contributed by atoms with Crippen LogP contribution in [0.3, 0.4) is 0 Å². The normalized spacial score (nSPS) is 27.2. The van der Waals surface area contributed by atoms with E-state index >= 15 is 0 Å². The average Bonchev–Trinajstić information content (AvgIpc) is 2.21. The van der Waals surface area contributed by atoms with Crippen molar-refractivity contribution in [3.8, 4) is 0 Å². The van der Waals surface area contributed by atoms with Crippen molar-refractivity contribution >= 4 is 0 Å². The van der Waals surface area contributed by atoms with E-state index in [0.717, 1.165) is 19.6 Å². The molecule has 0 bridgehead atoms. The van der Waals surface area contributed by atoms with Crippen molar-refractivity contribution < 1.29 is 4.74 Å². The Kier molecular flexibility index (Phi) is 6.15. The van der Waals surface area contributed by atoms with Crippen LogP contribution >= 0.6 is 0 Å². The van der Waals surface area contributed by atoms with Gasteiger partial charge in [0.25, 0.3) is 0 Å². The standard InChI is InChI=1S/C11H24N2O/c12-11(13)10-6-2-1-4-8-14-9-5-3-7-10/h10-11H,1-9,12-13H2. The van der Waals surface area contributed by atoms with E-state index in [0.29, 0.717) is 5.92 Å². The van der Waals surface area contributed by atoms with Crippen LogP contribution in [0.2, 0.25) is 0 Å². The molecule has 1 atom stereocenters. The van der Waals surface area contributed by atoms with Gasteiger partial charge in [0, 0.05) is 13.2 Å². The Labute approximate surface area is 87.2 Å². The highest BCUT2D eigenvalue weighted by molar-refractivity contribution is 4.68. The van der Waals surface area contributed by atoms with Crippen LogP contribution in [-0.2, 0) is 4.74 Å². The molecule has 14 heavy (non-hydrogen) atoms. The maximum Gasteiger partial charge on any atom is 0.0549 e. The molecule has 0 aromatic carbocycles. The first-order valence-corrected chi connectivity index (χ1v) is 5.89. The lowest BCUT2D eigenvalue weighted by molar-refractivity contribution is 0.127. The quantitative estimate of drug-likeness (QED) is 0.632. The Bertz CT molecular complexity index is 127. The first-order chi connectivity index (χ1) is 6.80. The molecule has 0 aromatic heterocycles. The summed E-state index contributed by atoms with van der Waals surface area (Å²) in [6, 6.07) is 0. The Morgan fingerprint density at radius 2 is 1.43 bits per heavy atom. The monoisotopic (exact) mass is 200 g/mol. The van der Waals surface area contributed by atoms with Crippen molar-refractivity contribution in [1.82, 2.24) is 0 Å². The third-order valence-corrected chi connectivity index (χ3v) is 3.02. The zero-order valence-corrected chi connectivity index (χ0v) is 9.08. The van der Waals surface area contributed by atoms with E-state index in [1.165, 1.54) is 38.5 Å². The molecule has 84 valence electrons. The Morgan fingerprint density at radius 1 is 0.857 bits per heavy atom. The summed E-state index contributed by atoms with van der Waals surface area (Å²) in [7, 11) is 0. The number of hydrogen-bond acceptors (Lipinski definition) is 3. The van der Waals surface area contributed by atoms with Gasteiger partial charge in [0.2, 0.25) is 0 Å². The molecule has 0 amide bonds. The second kappa shape index (κ2) is 7.21. The van der Waals surface area contributed by atoms with Gasteiger partial charge in [0.1, 0.15) is 0 Å². The number of ether oxygens (including phenoxy) is 1. The minimum absolute atomic E-state index is 0.128. The van der Waals surface area contributed by atoms with Gasteiger partial charge in [-0.3, -0.25) is 0 Å². The molecule has 1 rings (SSSR count). The molecule has 0 spiro atoms. The van der Waals surface area contributed by atoms with Crippen LogP contribution < -0.4 is 11.5 Å². The molecule has 1 unspecified atom stereocenters. The maximum atomic E-state index is 5.76. The highest BCUT2D eigenvalue weighted by atomic mass is 16.5. The minimum Gasteiger partial charge on any atom is -0.381 e. The molecule has 0 aliphatic carbocycles. The molecule has 4 N–H and O–H groups in total. The van der Waals surface area contributed by atoms with E-state index in [9.17, 15) is 0 Å². The predicted octanol–water partition coefficient (Wildman–Crippen LogP) is 1.61. The molecule has 0 aromatic rings. The summed E-state index contributed by atoms with van der Waals surface area (Å²) in [5.41, 5.74) is 11.5. The number of nitrogens with two attached hydrogens (primary N) is 2. The van der Waals surface area contributed by atoms with Crippen molar-refractivity contribution in [2.75, 3.05) is 13.2 Å². The van der Waals surface area contributed by atoms with Crippen LogP contribution in [0.4, 0.5) is 0 Å². The summed E-state index contributed by atoms with van der Waals surface area (Å²) in [5, 5.41) is 0. The molecule has 1 aliphatic rings. The van der Waals surface area contributed by atoms with Crippen LogP contribution in [0.5, 0.6) is 0 Å². The Morgan fingerprint density at radius 3 is 2.07 bits per heavy atom. The summed E-state index contributed by atoms with van der Waals surface area (Å²) in [6.07, 6.45) is 8.28. The fourth-order valence-corrected chi connectivity index (χ4v) is 2.03. The molecular formula is C11H24N2O. The third-order valence-electron chi connectivity index (χ3n) is 3.02. The van der Waals surface area contributed by atoms with Crippen molar-refractivity contribution in [2.45, 2.75) is 51.1 Å². The van der Waals surface area contributed by atoms with E-state index < -0.39 is 0 Å². The molecule has 1 heterocycles. The fourth-order valence-electron chi connectivity index (χ4n) is 2.03. The van der Waals surface area contributed by atoms with Crippen molar-refractivity contribution in [1.29, 1.82) is 0 Å². The van der Waals surface area contributed by atoms with E-state index in [2.05, 4.69) is 0 Å². The van der Waals surface area contributed by atoms with Crippen LogP contribution in [0.15, 0.2) is 0 Å². The van der Waals surface area contributed by atoms with Gasteiger partial charge < -0.3 is 16.2 Å². The van der Waals surface area contributed by atoms with Gasteiger partial charge in [-0.15, -0.1) is 0 Å². The predicted molar refractivity (Wildman–Crippen MR) is 58.8 cm³/mol. The van der Waals surface area contributed by atoms with Crippen LogP contribution in [0.25, 0.3) is 0 Å². The summed E-state index contributed by atoms with van der Waals surface area (Å²) >= 11 is 0. The van der Waals surface area contributed by atoms with Crippen LogP contribution in [0.1, 0.15) is 44.9 Å². The third kappa shape index (κ3) is 4.94. The van der Waals surface area contributed by atoms with Crippen LogP contribution in [-0.4, -0.2) is 19.4 Å². The SMILES string of the molecule is NC(N)C1CCCCCOCCCC1. The molecule has 3 nitrogen and oxygen atoms in total. The van der Waals surface area contributed by atoms with Gasteiger partial charge in [-0.1, -0.05) is 19.3 Å². The first-order valence-electron chi connectivity index (χ1n) is 5.89. The largest absolute Gasteiger partial charge is 0.381 e. The van der Waals surface area contributed by atoms with E-state index in [-0.39, 0.29) is 6.17 Å². The lowest BCUT2D eigenvalue weighted by Gasteiger charge is -2.19. The smallest absolute Gasteiger partial charge is 0.0549 e. The van der Waals surface area contributed by atoms with Gasteiger partial charge in [-0.25, -0.2) is 0 Å². The molecule has 1 saturated heterocycles. The second-order valence-electron chi connectivity index (χ2n) is 4.29. The second-order valence-corrected chi connectivity index (χ2v) is 4.29. The van der Waals surface area contributed by atoms with Gasteiger partial charge in [0.05, 0.1) is 6.17 Å². The summed E-state index contributed by atoms with van der Waals surface area (Å²) in [4.78, 5) is 0. The molecule has 3 heteroatoms. The van der Waals surface area contributed by atoms with E-state index in [4.69, 9.17) is 16.2 Å². The van der Waals surface area contributed by atoms with E-state index in [1.807, 2.05) is 0 Å². The zero-order chi connectivity index (χ0) is 10.2. The van der Waals surface area contributed by atoms with E-state index in [1.54, 1.807) is 0 Å². The van der Waals surface area contributed by atoms with Crippen molar-refractivity contribution in [2.24, 2.45) is 17.4 Å². The fraction of sp³-hybridized carbons (Fsp3) is 1.00. The maximum absolute atomic E-state index is 5.76. The van der Waals surface area contributed by atoms with Crippen LogP contribution in [0, 0.1) is 5.92 Å². The zero-order valence-electron chi connectivity index (χ0n) is 9.08. The number of hydrogen-bond donors (Lipinski definition) is 2. The molecule has 0 saturated carbocycles. The lowest BCUT2D eigenvalue weighted by Crippen LogP contribution is -2.38. The summed E-state index contributed by atoms with van der Waals surface area (Å²) in [5.74, 6) is 0.521. The van der Waals surface area contributed by atoms with Gasteiger partial charge in [-0.2, -0.15) is 0 Å². The Hall–Kier alpha value is -0.120. The first kappa shape index (κ1) is 12.0. The molecule has 0 radical (unpaired) electrons. The van der Waals surface area contributed by atoms with Gasteiger partial charge >= 0.3 is 0 Å². The van der Waals surface area contributed by atoms with Gasteiger partial charge in [0.15, 0.2) is 0 Å². The lowest BCUT2D eigenvalue weighted by atomic mass is 9.93. The highest BCUT2D eigenvalue weighted by Crippen LogP contribution is 2.18. The van der Waals surface area contributed by atoms with Crippen molar-refractivity contribution in [3.63, 3.8) is 0 Å². The van der Waals surface area contributed by atoms with Crippen molar-refractivity contribution in [3.05, 3.63) is 0 Å². The average molecular weight is 200 g/mol. The summed E-state index contributed by atoms with van der Waals surface area (Å²) < 4.78 is 5.50.